The predicted octanol–water partition coefficient (Wildman–Crippen LogP) is 3.76. The number of hydrogen-bond donors (Lipinski definition) is 1. The maximum Gasteiger partial charge on any atom is 0.264 e. The monoisotopic (exact) mass is 375 g/mol. The quantitative estimate of drug-likeness (QED) is 0.868. The Kier molecular flexibility index (Phi) is 4.27. The molecule has 0 amide bonds. The number of nitrogens with zero attached hydrogens (tertiary/aromatic N) is 1. The second-order valence-electron chi connectivity index (χ2n) is 5.16. The molecule has 0 saturated carbocycles. The summed E-state index contributed by atoms with van der Waals surface area (Å²) in [4.78, 5) is -0.0152. The van der Waals surface area contributed by atoms with Gasteiger partial charge in [0.1, 0.15) is 5.82 Å². The third-order valence-electron chi connectivity index (χ3n) is 3.70. The van der Waals surface area contributed by atoms with Gasteiger partial charge in [-0.15, -0.1) is 0 Å². The first-order chi connectivity index (χ1) is 10.8. The molecule has 1 aliphatic rings. The van der Waals surface area contributed by atoms with Crippen molar-refractivity contribution in [3.8, 4) is 0 Å². The maximum absolute atomic E-state index is 13.4. The van der Waals surface area contributed by atoms with E-state index in [9.17, 15) is 17.9 Å². The minimum Gasteiger partial charge on any atom is -0.388 e. The van der Waals surface area contributed by atoms with E-state index in [-0.39, 0.29) is 39.2 Å². The number of rotatable bonds is 2. The molecule has 0 saturated heterocycles. The summed E-state index contributed by atoms with van der Waals surface area (Å²) in [5.41, 5.74) is 0.510. The fourth-order valence-electron chi connectivity index (χ4n) is 2.55. The first-order valence-electron chi connectivity index (χ1n) is 6.76. The molecule has 122 valence electrons. The Labute approximate surface area is 143 Å². The Morgan fingerprint density at radius 2 is 1.87 bits per heavy atom. The average molecular weight is 376 g/mol. The van der Waals surface area contributed by atoms with Gasteiger partial charge in [-0.25, -0.2) is 12.8 Å². The number of halogens is 3. The molecule has 2 aromatic rings. The first kappa shape index (κ1) is 16.5. The van der Waals surface area contributed by atoms with E-state index >= 15 is 0 Å². The van der Waals surface area contributed by atoms with Crippen LogP contribution in [0.4, 0.5) is 10.1 Å². The van der Waals surface area contributed by atoms with Crippen LogP contribution in [0.5, 0.6) is 0 Å². The van der Waals surface area contributed by atoms with Crippen LogP contribution in [0.15, 0.2) is 41.3 Å². The average Bonchev–Trinajstić information content (AvgIpc) is 2.50. The second kappa shape index (κ2) is 5.94. The number of sulfonamides is 1. The molecule has 0 bridgehead atoms. The minimum atomic E-state index is -3.89. The summed E-state index contributed by atoms with van der Waals surface area (Å²) in [7, 11) is -3.89. The Balaban J connectivity index is 2.11. The van der Waals surface area contributed by atoms with Crippen LogP contribution in [-0.2, 0) is 10.0 Å². The minimum absolute atomic E-state index is 0.0152. The van der Waals surface area contributed by atoms with Gasteiger partial charge in [0.2, 0.25) is 0 Å². The highest BCUT2D eigenvalue weighted by atomic mass is 35.5. The number of hydrogen-bond acceptors (Lipinski definition) is 3. The topological polar surface area (TPSA) is 57.6 Å². The highest BCUT2D eigenvalue weighted by Crippen LogP contribution is 2.38. The molecule has 1 aliphatic heterocycles. The molecule has 0 radical (unpaired) electrons. The standard InChI is InChI=1S/C15H12Cl2FNO3S/c16-12-3-2-10(8-13(12)17)23(21,22)19-6-5-15(20)11-7-9(18)1-4-14(11)19/h1-4,7-8,15,20H,5-6H2. The maximum atomic E-state index is 13.4. The molecular formula is C15H12Cl2FNO3S. The molecule has 1 N–H and O–H groups in total. The molecule has 1 heterocycles. The Bertz CT molecular complexity index is 873. The van der Waals surface area contributed by atoms with E-state index in [1.807, 2.05) is 0 Å². The predicted molar refractivity (Wildman–Crippen MR) is 87.0 cm³/mol. The van der Waals surface area contributed by atoms with E-state index in [4.69, 9.17) is 23.2 Å². The van der Waals surface area contributed by atoms with E-state index in [1.54, 1.807) is 0 Å². The van der Waals surface area contributed by atoms with Gasteiger partial charge in [0.15, 0.2) is 0 Å². The van der Waals surface area contributed by atoms with Gasteiger partial charge < -0.3 is 5.11 Å². The molecule has 8 heteroatoms. The molecule has 1 atom stereocenters. The summed E-state index contributed by atoms with van der Waals surface area (Å²) in [6.07, 6.45) is -0.724. The summed E-state index contributed by atoms with van der Waals surface area (Å²) < 4.78 is 40.3. The van der Waals surface area contributed by atoms with Crippen LogP contribution < -0.4 is 4.31 Å². The number of aliphatic hydroxyl groups is 1. The van der Waals surface area contributed by atoms with E-state index in [2.05, 4.69) is 0 Å². The van der Waals surface area contributed by atoms with Gasteiger partial charge in [0.05, 0.1) is 26.7 Å². The summed E-state index contributed by atoms with van der Waals surface area (Å²) in [6, 6.07) is 7.69. The van der Waals surface area contributed by atoms with E-state index in [1.165, 1.54) is 24.3 Å². The lowest BCUT2D eigenvalue weighted by atomic mass is 10.0. The molecule has 23 heavy (non-hydrogen) atoms. The highest BCUT2D eigenvalue weighted by molar-refractivity contribution is 7.92. The van der Waals surface area contributed by atoms with Crippen LogP contribution in [0.1, 0.15) is 18.1 Å². The zero-order chi connectivity index (χ0) is 16.8. The van der Waals surface area contributed by atoms with Crippen LogP contribution in [-0.4, -0.2) is 20.1 Å². The normalized spacial score (nSPS) is 17.9. The summed E-state index contributed by atoms with van der Waals surface area (Å²) in [5.74, 6) is -0.531. The van der Waals surface area contributed by atoms with Crippen molar-refractivity contribution in [2.45, 2.75) is 17.4 Å². The Hall–Kier alpha value is -1.34. The third kappa shape index (κ3) is 2.92. The van der Waals surface area contributed by atoms with Crippen LogP contribution >= 0.6 is 23.2 Å². The van der Waals surface area contributed by atoms with Crippen molar-refractivity contribution >= 4 is 38.9 Å². The van der Waals surface area contributed by atoms with Gasteiger partial charge in [0.25, 0.3) is 10.0 Å². The molecule has 4 nitrogen and oxygen atoms in total. The molecule has 0 fully saturated rings. The molecule has 0 spiro atoms. The van der Waals surface area contributed by atoms with Gasteiger partial charge in [-0.3, -0.25) is 4.31 Å². The van der Waals surface area contributed by atoms with Crippen LogP contribution in [0.2, 0.25) is 10.0 Å². The van der Waals surface area contributed by atoms with E-state index < -0.39 is 21.9 Å². The lowest BCUT2D eigenvalue weighted by Crippen LogP contribution is -2.36. The van der Waals surface area contributed by atoms with Crippen molar-refractivity contribution in [2.75, 3.05) is 10.8 Å². The fraction of sp³-hybridized carbons (Fsp3) is 0.200. The zero-order valence-corrected chi connectivity index (χ0v) is 14.0. The lowest BCUT2D eigenvalue weighted by molar-refractivity contribution is 0.166. The van der Waals surface area contributed by atoms with Crippen LogP contribution in [0, 0.1) is 5.82 Å². The van der Waals surface area contributed by atoms with Gasteiger partial charge in [-0.05, 0) is 42.8 Å². The largest absolute Gasteiger partial charge is 0.388 e. The number of anilines is 1. The van der Waals surface area contributed by atoms with Crippen molar-refractivity contribution in [3.63, 3.8) is 0 Å². The molecule has 3 rings (SSSR count). The number of aliphatic hydroxyl groups excluding tert-OH is 1. The highest BCUT2D eigenvalue weighted by Gasteiger charge is 2.33. The SMILES string of the molecule is O=S(=O)(c1ccc(Cl)c(Cl)c1)N1CCC(O)c2cc(F)ccc21. The second-order valence-corrected chi connectivity index (χ2v) is 7.84. The summed E-state index contributed by atoms with van der Waals surface area (Å²) >= 11 is 11.7. The Morgan fingerprint density at radius 3 is 2.57 bits per heavy atom. The zero-order valence-electron chi connectivity index (χ0n) is 11.7. The van der Waals surface area contributed by atoms with Crippen molar-refractivity contribution in [3.05, 3.63) is 57.8 Å². The van der Waals surface area contributed by atoms with Gasteiger partial charge in [-0.2, -0.15) is 0 Å². The lowest BCUT2D eigenvalue weighted by Gasteiger charge is -2.33. The van der Waals surface area contributed by atoms with E-state index in [0.29, 0.717) is 0 Å². The smallest absolute Gasteiger partial charge is 0.264 e. The van der Waals surface area contributed by atoms with Crippen molar-refractivity contribution in [1.82, 2.24) is 0 Å². The molecular weight excluding hydrogens is 364 g/mol. The molecule has 1 unspecified atom stereocenters. The van der Waals surface area contributed by atoms with Gasteiger partial charge >= 0.3 is 0 Å². The number of benzene rings is 2. The van der Waals surface area contributed by atoms with Crippen LogP contribution in [0.3, 0.4) is 0 Å². The number of fused-ring (bicyclic) bond motifs is 1. The van der Waals surface area contributed by atoms with Gasteiger partial charge in [0, 0.05) is 12.1 Å². The van der Waals surface area contributed by atoms with E-state index in [0.717, 1.165) is 16.4 Å². The third-order valence-corrected chi connectivity index (χ3v) is 6.25. The van der Waals surface area contributed by atoms with Crippen LogP contribution in [0.25, 0.3) is 0 Å². The van der Waals surface area contributed by atoms with Crippen molar-refractivity contribution in [2.24, 2.45) is 0 Å². The molecule has 0 aromatic heterocycles. The van der Waals surface area contributed by atoms with Crippen molar-refractivity contribution in [1.29, 1.82) is 0 Å². The van der Waals surface area contributed by atoms with Crippen molar-refractivity contribution < 1.29 is 17.9 Å². The summed E-state index contributed by atoms with van der Waals surface area (Å²) in [5, 5.41) is 10.4. The summed E-state index contributed by atoms with van der Waals surface area (Å²) in [6.45, 7) is 0.0857. The fourth-order valence-corrected chi connectivity index (χ4v) is 4.44. The Morgan fingerprint density at radius 1 is 1.13 bits per heavy atom. The molecule has 0 aliphatic carbocycles. The van der Waals surface area contributed by atoms with Gasteiger partial charge in [-0.1, -0.05) is 23.2 Å². The molecule has 2 aromatic carbocycles. The first-order valence-corrected chi connectivity index (χ1v) is 8.95.